The molecule has 41 heavy (non-hydrogen) atoms. The molecule has 0 aliphatic carbocycles. The minimum absolute atomic E-state index is 0.0786. The first kappa shape index (κ1) is 29.3. The Morgan fingerprint density at radius 1 is 1.05 bits per heavy atom. The van der Waals surface area contributed by atoms with Gasteiger partial charge in [0.15, 0.2) is 17.2 Å². The number of amides is 1. The number of hydrogen-bond donors (Lipinski definition) is 2. The molecule has 2 fully saturated rings. The smallest absolute Gasteiger partial charge is 0.303 e. The number of halogens is 4. The van der Waals surface area contributed by atoms with Gasteiger partial charge in [-0.3, -0.25) is 14.5 Å². The molecule has 2 saturated heterocycles. The molecule has 3 aromatic carbocycles. The summed E-state index contributed by atoms with van der Waals surface area (Å²) in [4.78, 5) is 29.1. The maximum Gasteiger partial charge on any atom is 0.303 e. The lowest BCUT2D eigenvalue weighted by Gasteiger charge is -2.49. The molecular weight excluding hydrogens is 648 g/mol. The van der Waals surface area contributed by atoms with E-state index in [-0.39, 0.29) is 30.4 Å². The van der Waals surface area contributed by atoms with Crippen molar-refractivity contribution in [3.8, 4) is 0 Å². The molecule has 11 heteroatoms. The summed E-state index contributed by atoms with van der Waals surface area (Å²) in [6.45, 7) is 4.45. The average Bonchev–Trinajstić information content (AvgIpc) is 3.36. The van der Waals surface area contributed by atoms with Crippen LogP contribution in [0, 0.1) is 21.0 Å². The fraction of sp³-hybridized carbons (Fsp3) is 0.333. The maximum absolute atomic E-state index is 14.9. The van der Waals surface area contributed by atoms with Crippen LogP contribution in [0.25, 0.3) is 0 Å². The van der Waals surface area contributed by atoms with Crippen molar-refractivity contribution in [1.29, 1.82) is 0 Å². The van der Waals surface area contributed by atoms with Crippen molar-refractivity contribution in [3.63, 3.8) is 0 Å². The molecule has 2 heterocycles. The molecule has 0 spiro atoms. The van der Waals surface area contributed by atoms with Crippen LogP contribution in [0.3, 0.4) is 0 Å². The number of nitrogens with one attached hydrogen (secondary N) is 2. The summed E-state index contributed by atoms with van der Waals surface area (Å²) < 4.78 is 49.8. The topological polar surface area (TPSA) is 73.9 Å². The molecule has 0 aromatic heterocycles. The molecule has 1 atom stereocenters. The van der Waals surface area contributed by atoms with Crippen molar-refractivity contribution in [2.75, 3.05) is 38.0 Å². The summed E-state index contributed by atoms with van der Waals surface area (Å²) in [5.74, 6) is -4.19. The van der Waals surface area contributed by atoms with E-state index in [9.17, 15) is 22.8 Å². The standard InChI is InChI=1S/C30H30F3IN4O3/c1-19(39)41-30(16-35-22-11-12-37(15-22)14-20-5-3-2-4-6-20)17-38(18-30)29(40)23-8-9-24(31)27(33)28(23)36-26-10-7-21(34)13-25(26)32/h2-10,13,22,35-36H,11-12,14-18H2,1H3. The Kier molecular flexibility index (Phi) is 8.85. The third-order valence-electron chi connectivity index (χ3n) is 7.36. The van der Waals surface area contributed by atoms with Crippen LogP contribution in [0.15, 0.2) is 60.7 Å². The first-order chi connectivity index (χ1) is 19.6. The number of carbonyl (C=O) groups is 2. The summed E-state index contributed by atoms with van der Waals surface area (Å²) in [7, 11) is 0. The van der Waals surface area contributed by atoms with Crippen molar-refractivity contribution in [2.24, 2.45) is 0 Å². The van der Waals surface area contributed by atoms with Gasteiger partial charge in [-0.2, -0.15) is 0 Å². The molecule has 5 rings (SSSR count). The zero-order valence-electron chi connectivity index (χ0n) is 22.4. The van der Waals surface area contributed by atoms with E-state index in [1.807, 2.05) is 40.8 Å². The summed E-state index contributed by atoms with van der Waals surface area (Å²) >= 11 is 1.93. The number of benzene rings is 3. The molecule has 1 unspecified atom stereocenters. The zero-order valence-corrected chi connectivity index (χ0v) is 24.6. The summed E-state index contributed by atoms with van der Waals surface area (Å²) in [6, 6.07) is 16.7. The SMILES string of the molecule is CC(=O)OC1(CNC2CCN(Cc3ccccc3)C2)CN(C(=O)c2ccc(F)c(F)c2Nc2ccc(I)cc2F)C1. The number of carbonyl (C=O) groups excluding carboxylic acids is 2. The highest BCUT2D eigenvalue weighted by molar-refractivity contribution is 14.1. The Labute approximate surface area is 250 Å². The Bertz CT molecular complexity index is 1440. The molecule has 216 valence electrons. The number of esters is 1. The quantitative estimate of drug-likeness (QED) is 0.243. The summed E-state index contributed by atoms with van der Waals surface area (Å²) in [5.41, 5.74) is -0.401. The Morgan fingerprint density at radius 2 is 1.80 bits per heavy atom. The molecule has 1 amide bonds. The lowest BCUT2D eigenvalue weighted by Crippen LogP contribution is -2.69. The fourth-order valence-corrected chi connectivity index (χ4v) is 5.83. The first-order valence-corrected chi connectivity index (χ1v) is 14.4. The summed E-state index contributed by atoms with van der Waals surface area (Å²) in [6.07, 6.45) is 0.935. The van der Waals surface area contributed by atoms with E-state index in [0.29, 0.717) is 10.1 Å². The van der Waals surface area contributed by atoms with Crippen LogP contribution >= 0.6 is 22.6 Å². The highest BCUT2D eigenvalue weighted by atomic mass is 127. The van der Waals surface area contributed by atoms with Gasteiger partial charge < -0.3 is 20.3 Å². The predicted molar refractivity (Wildman–Crippen MR) is 157 cm³/mol. The van der Waals surface area contributed by atoms with Gasteiger partial charge in [0.1, 0.15) is 5.82 Å². The minimum Gasteiger partial charge on any atom is -0.454 e. The number of likely N-dealkylation sites (tertiary alicyclic amines) is 2. The van der Waals surface area contributed by atoms with Crippen LogP contribution in [0.5, 0.6) is 0 Å². The van der Waals surface area contributed by atoms with Gasteiger partial charge in [0.25, 0.3) is 5.91 Å². The number of hydrogen-bond acceptors (Lipinski definition) is 6. The fourth-order valence-electron chi connectivity index (χ4n) is 5.37. The third-order valence-corrected chi connectivity index (χ3v) is 8.03. The van der Waals surface area contributed by atoms with Crippen LogP contribution in [-0.2, 0) is 16.1 Å². The Hall–Kier alpha value is -3.16. The van der Waals surface area contributed by atoms with Crippen LogP contribution < -0.4 is 10.6 Å². The number of anilines is 2. The highest BCUT2D eigenvalue weighted by Crippen LogP contribution is 2.33. The number of nitrogens with zero attached hydrogens (tertiary/aromatic N) is 2. The van der Waals surface area contributed by atoms with E-state index in [1.165, 1.54) is 29.5 Å². The molecule has 2 aliphatic rings. The molecule has 0 saturated carbocycles. The van der Waals surface area contributed by atoms with Crippen LogP contribution in [-0.4, -0.2) is 66.0 Å². The van der Waals surface area contributed by atoms with Crippen molar-refractivity contribution in [2.45, 2.75) is 31.5 Å². The normalized spacial score (nSPS) is 18.2. The maximum atomic E-state index is 14.9. The second kappa shape index (κ2) is 12.4. The molecular formula is C30H30F3IN4O3. The zero-order chi connectivity index (χ0) is 29.1. The van der Waals surface area contributed by atoms with E-state index in [4.69, 9.17) is 4.74 Å². The van der Waals surface area contributed by atoms with E-state index < -0.39 is 40.6 Å². The van der Waals surface area contributed by atoms with Gasteiger partial charge >= 0.3 is 5.97 Å². The Morgan fingerprint density at radius 3 is 2.51 bits per heavy atom. The lowest BCUT2D eigenvalue weighted by atomic mass is 9.91. The van der Waals surface area contributed by atoms with E-state index in [0.717, 1.165) is 38.2 Å². The van der Waals surface area contributed by atoms with Gasteiger partial charge in [-0.15, -0.1) is 0 Å². The van der Waals surface area contributed by atoms with Crippen LogP contribution in [0.2, 0.25) is 0 Å². The van der Waals surface area contributed by atoms with E-state index in [2.05, 4.69) is 27.7 Å². The number of ether oxygens (including phenoxy) is 1. The van der Waals surface area contributed by atoms with Gasteiger partial charge in [0.2, 0.25) is 0 Å². The lowest BCUT2D eigenvalue weighted by molar-refractivity contribution is -0.172. The molecule has 7 nitrogen and oxygen atoms in total. The predicted octanol–water partition coefficient (Wildman–Crippen LogP) is 5.07. The Balaban J connectivity index is 1.25. The number of rotatable bonds is 9. The first-order valence-electron chi connectivity index (χ1n) is 13.3. The largest absolute Gasteiger partial charge is 0.454 e. The minimum atomic E-state index is -1.29. The second-order valence-electron chi connectivity index (χ2n) is 10.6. The monoisotopic (exact) mass is 678 g/mol. The van der Waals surface area contributed by atoms with Gasteiger partial charge in [-0.1, -0.05) is 30.3 Å². The van der Waals surface area contributed by atoms with Gasteiger partial charge in [-0.25, -0.2) is 13.2 Å². The van der Waals surface area contributed by atoms with Gasteiger partial charge in [-0.05, 0) is 64.9 Å². The van der Waals surface area contributed by atoms with Crippen molar-refractivity contribution < 1.29 is 27.5 Å². The van der Waals surface area contributed by atoms with Crippen LogP contribution in [0.4, 0.5) is 24.5 Å². The third kappa shape index (κ3) is 6.84. The highest BCUT2D eigenvalue weighted by Gasteiger charge is 2.49. The molecule has 2 N–H and O–H groups in total. The van der Waals surface area contributed by atoms with Crippen molar-refractivity contribution in [3.05, 3.63) is 92.8 Å². The van der Waals surface area contributed by atoms with Crippen molar-refractivity contribution in [1.82, 2.24) is 15.1 Å². The molecule has 0 radical (unpaired) electrons. The van der Waals surface area contributed by atoms with Crippen molar-refractivity contribution >= 4 is 45.8 Å². The molecule has 3 aromatic rings. The van der Waals surface area contributed by atoms with Crippen LogP contribution in [0.1, 0.15) is 29.3 Å². The van der Waals surface area contributed by atoms with Gasteiger partial charge in [0.05, 0.1) is 30.0 Å². The summed E-state index contributed by atoms with van der Waals surface area (Å²) in [5, 5.41) is 6.05. The second-order valence-corrected chi connectivity index (χ2v) is 11.8. The molecule has 0 bridgehead atoms. The van der Waals surface area contributed by atoms with E-state index in [1.54, 1.807) is 6.07 Å². The molecule has 2 aliphatic heterocycles. The van der Waals surface area contributed by atoms with Gasteiger partial charge in [0, 0.05) is 42.7 Å². The van der Waals surface area contributed by atoms with E-state index >= 15 is 0 Å². The average molecular weight is 678 g/mol.